The van der Waals surface area contributed by atoms with Crippen molar-refractivity contribution in [2.75, 3.05) is 12.1 Å². The molecule has 3 rings (SSSR count). The van der Waals surface area contributed by atoms with Crippen molar-refractivity contribution in [1.82, 2.24) is 5.43 Å². The summed E-state index contributed by atoms with van der Waals surface area (Å²) in [6, 6.07) is 9.88. The van der Waals surface area contributed by atoms with Crippen molar-refractivity contribution in [3.05, 3.63) is 52.3 Å². The summed E-state index contributed by atoms with van der Waals surface area (Å²) in [7, 11) is 0. The summed E-state index contributed by atoms with van der Waals surface area (Å²) < 4.78 is 24.9. The first-order chi connectivity index (χ1) is 11.1. The Morgan fingerprint density at radius 2 is 2.13 bits per heavy atom. The van der Waals surface area contributed by atoms with Gasteiger partial charge in [0.25, 0.3) is 0 Å². The Labute approximate surface area is 145 Å². The molecule has 0 unspecified atom stereocenters. The van der Waals surface area contributed by atoms with Crippen LogP contribution in [0.3, 0.4) is 0 Å². The van der Waals surface area contributed by atoms with E-state index in [1.54, 1.807) is 30.5 Å². The summed E-state index contributed by atoms with van der Waals surface area (Å²) in [6.07, 6.45) is 1.57. The second kappa shape index (κ2) is 6.93. The van der Waals surface area contributed by atoms with Gasteiger partial charge in [-0.05, 0) is 58.0 Å². The van der Waals surface area contributed by atoms with E-state index in [9.17, 15) is 4.39 Å². The summed E-state index contributed by atoms with van der Waals surface area (Å²) in [5, 5.41) is 6.93. The highest BCUT2D eigenvalue weighted by atomic mass is 79.9. The number of nitrogens with zero attached hydrogens (tertiary/aromatic N) is 1. The molecule has 0 amide bonds. The van der Waals surface area contributed by atoms with E-state index < -0.39 is 0 Å². The molecule has 8 heteroatoms. The molecule has 0 aromatic heterocycles. The van der Waals surface area contributed by atoms with E-state index in [1.165, 1.54) is 6.07 Å². The van der Waals surface area contributed by atoms with E-state index in [1.807, 2.05) is 6.07 Å². The van der Waals surface area contributed by atoms with Gasteiger partial charge in [-0.25, -0.2) is 4.39 Å². The molecule has 1 aliphatic heterocycles. The van der Waals surface area contributed by atoms with Gasteiger partial charge in [0.15, 0.2) is 16.6 Å². The maximum atomic E-state index is 13.5. The molecule has 2 aromatic rings. The Kier molecular flexibility index (Phi) is 4.73. The van der Waals surface area contributed by atoms with Crippen LogP contribution in [0.15, 0.2) is 46.0 Å². The average Bonchev–Trinajstić information content (AvgIpc) is 2.99. The van der Waals surface area contributed by atoms with Crippen LogP contribution in [-0.4, -0.2) is 18.1 Å². The maximum absolute atomic E-state index is 13.5. The van der Waals surface area contributed by atoms with Crippen LogP contribution in [0.5, 0.6) is 11.5 Å². The fourth-order valence-corrected chi connectivity index (χ4v) is 2.68. The molecular weight excluding hydrogens is 385 g/mol. The number of rotatable bonds is 3. The van der Waals surface area contributed by atoms with Crippen LogP contribution in [0.25, 0.3) is 0 Å². The van der Waals surface area contributed by atoms with Crippen molar-refractivity contribution in [3.8, 4) is 11.5 Å². The third-order valence-corrected chi connectivity index (χ3v) is 3.73. The highest BCUT2D eigenvalue weighted by molar-refractivity contribution is 9.10. The quantitative estimate of drug-likeness (QED) is 0.472. The van der Waals surface area contributed by atoms with Gasteiger partial charge in [-0.1, -0.05) is 12.1 Å². The predicted octanol–water partition coefficient (Wildman–Crippen LogP) is 3.64. The van der Waals surface area contributed by atoms with E-state index in [4.69, 9.17) is 21.7 Å². The van der Waals surface area contributed by atoms with Gasteiger partial charge in [0.2, 0.25) is 6.79 Å². The molecule has 0 aliphatic carbocycles. The first-order valence-corrected chi connectivity index (χ1v) is 7.77. The van der Waals surface area contributed by atoms with Crippen molar-refractivity contribution in [2.24, 2.45) is 5.10 Å². The zero-order valence-electron chi connectivity index (χ0n) is 11.7. The van der Waals surface area contributed by atoms with Gasteiger partial charge in [-0.2, -0.15) is 5.10 Å². The summed E-state index contributed by atoms with van der Waals surface area (Å²) in [4.78, 5) is 0. The van der Waals surface area contributed by atoms with Gasteiger partial charge >= 0.3 is 0 Å². The fourth-order valence-electron chi connectivity index (χ4n) is 1.94. The van der Waals surface area contributed by atoms with Crippen molar-refractivity contribution in [2.45, 2.75) is 0 Å². The van der Waals surface area contributed by atoms with Crippen LogP contribution in [0.4, 0.5) is 10.1 Å². The predicted molar refractivity (Wildman–Crippen MR) is 93.6 cm³/mol. The normalized spacial score (nSPS) is 12.4. The molecule has 0 saturated heterocycles. The van der Waals surface area contributed by atoms with Gasteiger partial charge < -0.3 is 14.8 Å². The SMILES string of the molecule is Fc1ccccc1NC(=S)N/N=C\c1cc(Br)c2c(c1)OCO2. The van der Waals surface area contributed by atoms with Crippen molar-refractivity contribution < 1.29 is 13.9 Å². The number of nitrogens with one attached hydrogen (secondary N) is 2. The average molecular weight is 396 g/mol. The van der Waals surface area contributed by atoms with Gasteiger partial charge in [-0.3, -0.25) is 5.43 Å². The van der Waals surface area contributed by atoms with E-state index in [0.717, 1.165) is 10.0 Å². The largest absolute Gasteiger partial charge is 0.454 e. The zero-order valence-corrected chi connectivity index (χ0v) is 14.1. The maximum Gasteiger partial charge on any atom is 0.231 e. The molecule has 118 valence electrons. The number of benzene rings is 2. The Morgan fingerprint density at radius 3 is 2.96 bits per heavy atom. The molecular formula is C15H11BrFN3O2S. The third-order valence-electron chi connectivity index (χ3n) is 2.95. The van der Waals surface area contributed by atoms with Gasteiger partial charge in [0.05, 0.1) is 16.4 Å². The van der Waals surface area contributed by atoms with E-state index >= 15 is 0 Å². The summed E-state index contributed by atoms with van der Waals surface area (Å²) in [5.41, 5.74) is 3.71. The molecule has 1 aliphatic rings. The molecule has 0 bridgehead atoms. The topological polar surface area (TPSA) is 54.9 Å². The van der Waals surface area contributed by atoms with E-state index in [0.29, 0.717) is 11.5 Å². The minimum Gasteiger partial charge on any atom is -0.454 e. The molecule has 2 aromatic carbocycles. The molecule has 23 heavy (non-hydrogen) atoms. The summed E-state index contributed by atoms with van der Waals surface area (Å²) in [6.45, 7) is 0.198. The molecule has 0 atom stereocenters. The molecule has 5 nitrogen and oxygen atoms in total. The van der Waals surface area contributed by atoms with Crippen LogP contribution in [0.2, 0.25) is 0 Å². The van der Waals surface area contributed by atoms with Crippen LogP contribution < -0.4 is 20.2 Å². The van der Waals surface area contributed by atoms with Gasteiger partial charge in [-0.15, -0.1) is 0 Å². The molecule has 0 saturated carbocycles. The number of anilines is 1. The number of hydrogen-bond acceptors (Lipinski definition) is 4. The minimum absolute atomic E-state index is 0.186. The summed E-state index contributed by atoms with van der Waals surface area (Å²) >= 11 is 8.46. The highest BCUT2D eigenvalue weighted by Crippen LogP contribution is 2.39. The van der Waals surface area contributed by atoms with Crippen LogP contribution in [-0.2, 0) is 0 Å². The number of fused-ring (bicyclic) bond motifs is 1. The Hall–Kier alpha value is -2.19. The van der Waals surface area contributed by atoms with Crippen LogP contribution in [0.1, 0.15) is 5.56 Å². The zero-order chi connectivity index (χ0) is 16.2. The lowest BCUT2D eigenvalue weighted by Crippen LogP contribution is -2.24. The number of ether oxygens (including phenoxy) is 2. The second-order valence-corrected chi connectivity index (χ2v) is 5.80. The van der Waals surface area contributed by atoms with Crippen molar-refractivity contribution in [3.63, 3.8) is 0 Å². The molecule has 0 spiro atoms. The standard InChI is InChI=1S/C15H11BrFN3O2S/c16-10-5-9(6-13-14(10)22-8-21-13)7-18-20-15(23)19-12-4-2-1-3-11(12)17/h1-7H,8H2,(H2,19,20,23)/b18-7-. The lowest BCUT2D eigenvalue weighted by Gasteiger charge is -2.07. The Bertz CT molecular complexity index is 785. The van der Waals surface area contributed by atoms with Gasteiger partial charge in [0.1, 0.15) is 5.82 Å². The number of para-hydroxylation sites is 1. The van der Waals surface area contributed by atoms with Gasteiger partial charge in [0, 0.05) is 0 Å². The smallest absolute Gasteiger partial charge is 0.231 e. The number of halogens is 2. The molecule has 0 fully saturated rings. The van der Waals surface area contributed by atoms with Crippen molar-refractivity contribution >= 4 is 45.2 Å². The lowest BCUT2D eigenvalue weighted by atomic mass is 10.2. The van der Waals surface area contributed by atoms with E-state index in [-0.39, 0.29) is 23.4 Å². The lowest BCUT2D eigenvalue weighted by molar-refractivity contribution is 0.173. The molecule has 2 N–H and O–H groups in total. The number of thiocarbonyl (C=S) groups is 1. The highest BCUT2D eigenvalue weighted by Gasteiger charge is 2.17. The van der Waals surface area contributed by atoms with Crippen LogP contribution >= 0.6 is 28.1 Å². The Morgan fingerprint density at radius 1 is 1.30 bits per heavy atom. The van der Waals surface area contributed by atoms with E-state index in [2.05, 4.69) is 31.8 Å². The first kappa shape index (κ1) is 15.7. The Balaban J connectivity index is 1.62. The monoisotopic (exact) mass is 395 g/mol. The minimum atomic E-state index is -0.389. The number of hydrazone groups is 1. The first-order valence-electron chi connectivity index (χ1n) is 6.57. The second-order valence-electron chi connectivity index (χ2n) is 4.54. The summed E-state index contributed by atoms with van der Waals surface area (Å²) in [5.74, 6) is 0.931. The third kappa shape index (κ3) is 3.77. The molecule has 1 heterocycles. The van der Waals surface area contributed by atoms with Crippen LogP contribution in [0, 0.1) is 5.82 Å². The molecule has 0 radical (unpaired) electrons. The number of hydrogen-bond donors (Lipinski definition) is 2. The van der Waals surface area contributed by atoms with Crippen molar-refractivity contribution in [1.29, 1.82) is 0 Å². The fraction of sp³-hybridized carbons (Fsp3) is 0.0667.